The van der Waals surface area contributed by atoms with Crippen molar-refractivity contribution in [3.8, 4) is 28.2 Å². The summed E-state index contributed by atoms with van der Waals surface area (Å²) in [6.07, 6.45) is 14.5. The molecule has 3 N–H and O–H groups in total. The molecule has 0 atom stereocenters. The first kappa shape index (κ1) is 23.3. The third-order valence-electron chi connectivity index (χ3n) is 7.62. The molecule has 1 fully saturated rings. The van der Waals surface area contributed by atoms with Gasteiger partial charge in [-0.25, -0.2) is 9.97 Å². The summed E-state index contributed by atoms with van der Waals surface area (Å²) in [5.41, 5.74) is 7.90. The van der Waals surface area contributed by atoms with Crippen LogP contribution in [-0.2, 0) is 4.79 Å². The zero-order chi connectivity index (χ0) is 26.3. The zero-order valence-electron chi connectivity index (χ0n) is 21.6. The molecule has 0 aliphatic heterocycles. The molecule has 1 amide bonds. The summed E-state index contributed by atoms with van der Waals surface area (Å²) in [7, 11) is 0. The van der Waals surface area contributed by atoms with E-state index in [1.165, 1.54) is 6.42 Å². The van der Waals surface area contributed by atoms with Crippen LogP contribution in [0.4, 0.5) is 5.69 Å². The SMILES string of the molecule is Cc1cn(-c2cccc3[nH]c(-c4n[nH]c5ncc(-c6cncc(NC(=O)C7CCCCC7)c6)cc45)cc23)cn1. The lowest BCUT2D eigenvalue weighted by Crippen LogP contribution is -2.24. The Kier molecular flexibility index (Phi) is 5.69. The number of nitrogens with one attached hydrogen (secondary N) is 3. The largest absolute Gasteiger partial charge is 0.353 e. The second-order valence-corrected chi connectivity index (χ2v) is 10.3. The van der Waals surface area contributed by atoms with Crippen LogP contribution in [0.25, 0.3) is 50.1 Å². The minimum Gasteiger partial charge on any atom is -0.353 e. The van der Waals surface area contributed by atoms with Gasteiger partial charge in [0.15, 0.2) is 5.65 Å². The fourth-order valence-corrected chi connectivity index (χ4v) is 5.59. The number of aromatic nitrogens is 7. The highest BCUT2D eigenvalue weighted by atomic mass is 16.1. The van der Waals surface area contributed by atoms with Gasteiger partial charge in [0.25, 0.3) is 0 Å². The Hall–Kier alpha value is -4.79. The normalized spacial score (nSPS) is 14.3. The molecule has 1 aromatic carbocycles. The maximum absolute atomic E-state index is 12.8. The minimum absolute atomic E-state index is 0.0865. The van der Waals surface area contributed by atoms with Crippen LogP contribution in [0.2, 0.25) is 0 Å². The molecule has 0 saturated heterocycles. The minimum atomic E-state index is 0.0865. The van der Waals surface area contributed by atoms with Crippen molar-refractivity contribution in [2.45, 2.75) is 39.0 Å². The molecule has 9 nitrogen and oxygen atoms in total. The molecule has 1 aliphatic rings. The van der Waals surface area contributed by atoms with Crippen molar-refractivity contribution in [1.82, 2.24) is 34.7 Å². The highest BCUT2D eigenvalue weighted by molar-refractivity contribution is 5.98. The molecular weight excluding hydrogens is 488 g/mol. The van der Waals surface area contributed by atoms with E-state index in [1.807, 2.05) is 36.1 Å². The molecule has 1 saturated carbocycles. The topological polar surface area (TPSA) is 117 Å². The summed E-state index contributed by atoms with van der Waals surface area (Å²) in [6, 6.07) is 12.3. The number of benzene rings is 1. The molecule has 9 heteroatoms. The molecule has 5 aromatic heterocycles. The Balaban J connectivity index is 1.22. The number of pyridine rings is 2. The third kappa shape index (κ3) is 4.35. The summed E-state index contributed by atoms with van der Waals surface area (Å²) in [5, 5.41) is 12.7. The molecule has 0 unspecified atom stereocenters. The van der Waals surface area contributed by atoms with Crippen molar-refractivity contribution in [3.05, 3.63) is 73.2 Å². The van der Waals surface area contributed by atoms with E-state index in [0.29, 0.717) is 11.3 Å². The van der Waals surface area contributed by atoms with E-state index in [4.69, 9.17) is 0 Å². The number of hydrogen-bond donors (Lipinski definition) is 3. The number of hydrogen-bond acceptors (Lipinski definition) is 5. The van der Waals surface area contributed by atoms with Gasteiger partial charge in [0.2, 0.25) is 5.91 Å². The van der Waals surface area contributed by atoms with Crippen LogP contribution in [0.15, 0.2) is 67.5 Å². The Labute approximate surface area is 224 Å². The number of fused-ring (bicyclic) bond motifs is 2. The molecule has 0 spiro atoms. The molecule has 0 bridgehead atoms. The van der Waals surface area contributed by atoms with Gasteiger partial charge in [0.1, 0.15) is 5.69 Å². The lowest BCUT2D eigenvalue weighted by molar-refractivity contribution is -0.120. The van der Waals surface area contributed by atoms with Crippen molar-refractivity contribution in [2.24, 2.45) is 5.92 Å². The van der Waals surface area contributed by atoms with Gasteiger partial charge in [-0.15, -0.1) is 0 Å². The third-order valence-corrected chi connectivity index (χ3v) is 7.62. The fourth-order valence-electron chi connectivity index (χ4n) is 5.59. The van der Waals surface area contributed by atoms with Crippen molar-refractivity contribution in [2.75, 3.05) is 5.32 Å². The van der Waals surface area contributed by atoms with Gasteiger partial charge >= 0.3 is 0 Å². The lowest BCUT2D eigenvalue weighted by atomic mass is 9.88. The zero-order valence-corrected chi connectivity index (χ0v) is 21.6. The Morgan fingerprint density at radius 3 is 2.72 bits per heavy atom. The summed E-state index contributed by atoms with van der Waals surface area (Å²) < 4.78 is 2.03. The number of amides is 1. The van der Waals surface area contributed by atoms with Gasteiger partial charge in [-0.05, 0) is 50.1 Å². The van der Waals surface area contributed by atoms with E-state index in [2.05, 4.69) is 59.7 Å². The fraction of sp³-hybridized carbons (Fsp3) is 0.233. The van der Waals surface area contributed by atoms with Crippen LogP contribution in [-0.4, -0.2) is 40.6 Å². The monoisotopic (exact) mass is 516 g/mol. The van der Waals surface area contributed by atoms with Gasteiger partial charge in [-0.2, -0.15) is 5.10 Å². The molecule has 1 aliphatic carbocycles. The van der Waals surface area contributed by atoms with Crippen LogP contribution < -0.4 is 5.32 Å². The number of nitrogens with zero attached hydrogens (tertiary/aromatic N) is 5. The van der Waals surface area contributed by atoms with Gasteiger partial charge in [0, 0.05) is 51.9 Å². The Morgan fingerprint density at radius 1 is 1.00 bits per heavy atom. The lowest BCUT2D eigenvalue weighted by Gasteiger charge is -2.20. The van der Waals surface area contributed by atoms with Gasteiger partial charge in [-0.3, -0.25) is 14.9 Å². The maximum atomic E-state index is 12.8. The van der Waals surface area contributed by atoms with Crippen molar-refractivity contribution in [1.29, 1.82) is 0 Å². The molecule has 194 valence electrons. The van der Waals surface area contributed by atoms with E-state index in [9.17, 15) is 4.79 Å². The first-order valence-corrected chi connectivity index (χ1v) is 13.4. The van der Waals surface area contributed by atoms with E-state index in [-0.39, 0.29) is 11.8 Å². The molecule has 7 rings (SSSR count). The predicted molar refractivity (Wildman–Crippen MR) is 151 cm³/mol. The molecule has 39 heavy (non-hydrogen) atoms. The average molecular weight is 517 g/mol. The van der Waals surface area contributed by atoms with E-state index in [1.54, 1.807) is 18.6 Å². The van der Waals surface area contributed by atoms with Gasteiger partial charge in [0.05, 0.1) is 35.3 Å². The standard InChI is InChI=1S/C30H28N8O/c1-18-16-38(17-33-18)27-9-5-8-25-23(27)12-26(35-25)28-24-11-21(14-32-29(24)37-36-28)20-10-22(15-31-13-20)34-30(39)19-6-3-2-4-7-19/h5,8-17,19,35H,2-4,6-7H2,1H3,(H,34,39)(H,32,36,37). The van der Waals surface area contributed by atoms with E-state index in [0.717, 1.165) is 75.9 Å². The summed E-state index contributed by atoms with van der Waals surface area (Å²) in [5.74, 6) is 0.173. The molecule has 0 radical (unpaired) electrons. The van der Waals surface area contributed by atoms with Crippen molar-refractivity contribution in [3.63, 3.8) is 0 Å². The van der Waals surface area contributed by atoms with E-state index >= 15 is 0 Å². The van der Waals surface area contributed by atoms with Crippen LogP contribution >= 0.6 is 0 Å². The van der Waals surface area contributed by atoms with Crippen molar-refractivity contribution >= 4 is 33.5 Å². The molecular formula is C30H28N8O. The number of aromatic amines is 2. The number of aryl methyl sites for hydroxylation is 1. The number of H-pyrrole nitrogens is 2. The van der Waals surface area contributed by atoms with Gasteiger partial charge < -0.3 is 14.9 Å². The highest BCUT2D eigenvalue weighted by Gasteiger charge is 2.21. The first-order valence-electron chi connectivity index (χ1n) is 13.4. The van der Waals surface area contributed by atoms with Crippen LogP contribution in [0.3, 0.4) is 0 Å². The summed E-state index contributed by atoms with van der Waals surface area (Å²) >= 11 is 0. The quantitative estimate of drug-likeness (QED) is 0.253. The second-order valence-electron chi connectivity index (χ2n) is 10.3. The van der Waals surface area contributed by atoms with Crippen LogP contribution in [0.1, 0.15) is 37.8 Å². The first-order chi connectivity index (χ1) is 19.1. The van der Waals surface area contributed by atoms with E-state index < -0.39 is 0 Å². The number of imidazole rings is 1. The predicted octanol–water partition coefficient (Wildman–Crippen LogP) is 6.18. The molecule has 6 aromatic rings. The van der Waals surface area contributed by atoms with Gasteiger partial charge in [-0.1, -0.05) is 25.3 Å². The number of carbonyl (C=O) groups excluding carboxylic acids is 1. The van der Waals surface area contributed by atoms with Crippen molar-refractivity contribution < 1.29 is 4.79 Å². The summed E-state index contributed by atoms with van der Waals surface area (Å²) in [4.78, 5) is 29.7. The van der Waals surface area contributed by atoms with Crippen LogP contribution in [0.5, 0.6) is 0 Å². The Morgan fingerprint density at radius 2 is 1.87 bits per heavy atom. The van der Waals surface area contributed by atoms with Crippen LogP contribution in [0, 0.1) is 12.8 Å². The second kappa shape index (κ2) is 9.50. The number of rotatable bonds is 5. The number of carbonyl (C=O) groups is 1. The number of anilines is 1. The smallest absolute Gasteiger partial charge is 0.227 e. The average Bonchev–Trinajstić information content (AvgIpc) is 3.71. The summed E-state index contributed by atoms with van der Waals surface area (Å²) in [6.45, 7) is 1.98. The maximum Gasteiger partial charge on any atom is 0.227 e. The highest BCUT2D eigenvalue weighted by Crippen LogP contribution is 2.33. The Bertz CT molecular complexity index is 1820. The molecule has 5 heterocycles.